The van der Waals surface area contributed by atoms with Crippen LogP contribution in [0.3, 0.4) is 0 Å². The van der Waals surface area contributed by atoms with Gasteiger partial charge in [0.1, 0.15) is 0 Å². The van der Waals surface area contributed by atoms with Gasteiger partial charge in [0.2, 0.25) is 5.89 Å². The molecule has 7 heteroatoms. The third-order valence-electron chi connectivity index (χ3n) is 2.72. The molecule has 0 atom stereocenters. The van der Waals surface area contributed by atoms with E-state index in [4.69, 9.17) is 27.6 Å². The molecule has 0 saturated carbocycles. The fourth-order valence-corrected chi connectivity index (χ4v) is 3.18. The fraction of sp³-hybridized carbons (Fsp3) is 0.0714. The summed E-state index contributed by atoms with van der Waals surface area (Å²) < 4.78 is 5.59. The van der Waals surface area contributed by atoms with Gasteiger partial charge in [0.15, 0.2) is 0 Å². The molecule has 0 unspecified atom stereocenters. The molecule has 2 heterocycles. The van der Waals surface area contributed by atoms with Crippen molar-refractivity contribution < 1.29 is 4.42 Å². The Kier molecular flexibility index (Phi) is 4.43. The Morgan fingerprint density at radius 2 is 1.86 bits per heavy atom. The van der Waals surface area contributed by atoms with Crippen molar-refractivity contribution in [2.24, 2.45) is 0 Å². The van der Waals surface area contributed by atoms with E-state index in [-0.39, 0.29) is 0 Å². The highest BCUT2D eigenvalue weighted by Gasteiger charge is 2.11. The van der Waals surface area contributed by atoms with E-state index in [0.717, 1.165) is 11.1 Å². The average molecular weight is 338 g/mol. The monoisotopic (exact) mass is 337 g/mol. The zero-order chi connectivity index (χ0) is 14.7. The molecule has 0 aliphatic rings. The van der Waals surface area contributed by atoms with E-state index in [1.807, 2.05) is 18.2 Å². The van der Waals surface area contributed by atoms with Crippen molar-refractivity contribution in [3.8, 4) is 11.5 Å². The summed E-state index contributed by atoms with van der Waals surface area (Å²) in [6, 6.07) is 9.10. The van der Waals surface area contributed by atoms with Crippen LogP contribution in [0, 0.1) is 0 Å². The second kappa shape index (κ2) is 6.47. The molecule has 0 radical (unpaired) electrons. The molecule has 0 aliphatic carbocycles. The zero-order valence-corrected chi connectivity index (χ0v) is 13.0. The Bertz CT molecular complexity index is 729. The summed E-state index contributed by atoms with van der Waals surface area (Å²) in [6.45, 7) is 0. The van der Waals surface area contributed by atoms with Gasteiger partial charge in [-0.15, -0.1) is 10.2 Å². The molecule has 4 nitrogen and oxygen atoms in total. The molecule has 3 rings (SSSR count). The third kappa shape index (κ3) is 3.37. The van der Waals surface area contributed by atoms with Crippen molar-refractivity contribution in [3.63, 3.8) is 0 Å². The molecule has 0 aliphatic heterocycles. The van der Waals surface area contributed by atoms with Crippen molar-refractivity contribution >= 4 is 35.0 Å². The predicted octanol–water partition coefficient (Wildman–Crippen LogP) is 4.73. The van der Waals surface area contributed by atoms with Crippen molar-refractivity contribution in [1.29, 1.82) is 0 Å². The summed E-state index contributed by atoms with van der Waals surface area (Å²) in [4.78, 5) is 4.02. The van der Waals surface area contributed by atoms with Crippen molar-refractivity contribution in [2.75, 3.05) is 0 Å². The van der Waals surface area contributed by atoms with Gasteiger partial charge in [-0.25, -0.2) is 0 Å². The van der Waals surface area contributed by atoms with Crippen LogP contribution < -0.4 is 0 Å². The van der Waals surface area contributed by atoms with Crippen LogP contribution in [0.5, 0.6) is 0 Å². The molecule has 1 aromatic carbocycles. The maximum Gasteiger partial charge on any atom is 0.277 e. The largest absolute Gasteiger partial charge is 0.411 e. The van der Waals surface area contributed by atoms with Gasteiger partial charge in [0.25, 0.3) is 5.22 Å². The lowest BCUT2D eigenvalue weighted by Gasteiger charge is -2.04. The van der Waals surface area contributed by atoms with E-state index in [2.05, 4.69) is 15.2 Å². The summed E-state index contributed by atoms with van der Waals surface area (Å²) in [7, 11) is 0. The number of hydrogen-bond acceptors (Lipinski definition) is 5. The number of pyridine rings is 1. The maximum atomic E-state index is 6.12. The summed E-state index contributed by atoms with van der Waals surface area (Å²) in [5, 5.41) is 9.72. The molecular formula is C14H9Cl2N3OS. The highest BCUT2D eigenvalue weighted by Crippen LogP contribution is 2.31. The number of thioether (sulfide) groups is 1. The van der Waals surface area contributed by atoms with Crippen LogP contribution in [0.25, 0.3) is 11.5 Å². The maximum absolute atomic E-state index is 6.12. The molecule has 0 saturated heterocycles. The highest BCUT2D eigenvalue weighted by atomic mass is 35.5. The molecule has 0 spiro atoms. The van der Waals surface area contributed by atoms with Crippen LogP contribution in [0.15, 0.2) is 52.4 Å². The van der Waals surface area contributed by atoms with E-state index in [1.54, 1.807) is 24.5 Å². The first kappa shape index (κ1) is 14.4. The smallest absolute Gasteiger partial charge is 0.277 e. The number of aromatic nitrogens is 3. The predicted molar refractivity (Wildman–Crippen MR) is 83.6 cm³/mol. The van der Waals surface area contributed by atoms with Crippen LogP contribution in [-0.2, 0) is 5.75 Å². The van der Waals surface area contributed by atoms with Gasteiger partial charge in [-0.3, -0.25) is 4.98 Å². The lowest BCUT2D eigenvalue weighted by molar-refractivity contribution is 0.465. The molecular weight excluding hydrogens is 329 g/mol. The Balaban J connectivity index is 1.74. The lowest BCUT2D eigenvalue weighted by atomic mass is 10.2. The fourth-order valence-electron chi connectivity index (χ4n) is 1.68. The molecule has 3 aromatic rings. The first-order valence-corrected chi connectivity index (χ1v) is 7.78. The molecule has 0 fully saturated rings. The number of nitrogens with zero attached hydrogens (tertiary/aromatic N) is 3. The first-order chi connectivity index (χ1) is 10.2. The Labute approximate surface area is 135 Å². The van der Waals surface area contributed by atoms with E-state index < -0.39 is 0 Å². The van der Waals surface area contributed by atoms with Crippen molar-refractivity contribution in [3.05, 3.63) is 58.3 Å². The van der Waals surface area contributed by atoms with Crippen LogP contribution >= 0.6 is 35.0 Å². The van der Waals surface area contributed by atoms with E-state index in [9.17, 15) is 0 Å². The van der Waals surface area contributed by atoms with Crippen molar-refractivity contribution in [1.82, 2.24) is 15.2 Å². The third-order valence-corrected chi connectivity index (χ3v) is 4.27. The van der Waals surface area contributed by atoms with Gasteiger partial charge >= 0.3 is 0 Å². The van der Waals surface area contributed by atoms with Gasteiger partial charge in [0, 0.05) is 28.2 Å². The number of halogens is 2. The standard InChI is InChI=1S/C14H9Cl2N3OS/c15-11-4-1-5-12(16)10(11)8-21-14-19-18-13(20-14)9-3-2-6-17-7-9/h1-7H,8H2. The Morgan fingerprint density at radius 1 is 1.05 bits per heavy atom. The zero-order valence-electron chi connectivity index (χ0n) is 10.7. The van der Waals surface area contributed by atoms with Gasteiger partial charge in [-0.2, -0.15) is 0 Å². The van der Waals surface area contributed by atoms with E-state index >= 15 is 0 Å². The number of rotatable bonds is 4. The molecule has 106 valence electrons. The highest BCUT2D eigenvalue weighted by molar-refractivity contribution is 7.98. The molecule has 0 N–H and O–H groups in total. The minimum Gasteiger partial charge on any atom is -0.411 e. The molecule has 2 aromatic heterocycles. The van der Waals surface area contributed by atoms with Crippen molar-refractivity contribution in [2.45, 2.75) is 11.0 Å². The summed E-state index contributed by atoms with van der Waals surface area (Å²) in [5.41, 5.74) is 1.64. The van der Waals surface area contributed by atoms with Crippen LogP contribution in [0.4, 0.5) is 0 Å². The van der Waals surface area contributed by atoms with Gasteiger partial charge in [0.05, 0.1) is 5.56 Å². The van der Waals surface area contributed by atoms with Crippen LogP contribution in [-0.4, -0.2) is 15.2 Å². The second-order valence-corrected chi connectivity index (χ2v) is 5.84. The normalized spacial score (nSPS) is 10.8. The minimum absolute atomic E-state index is 0.441. The molecule has 0 amide bonds. The number of hydrogen-bond donors (Lipinski definition) is 0. The SMILES string of the molecule is Clc1cccc(Cl)c1CSc1nnc(-c2cccnc2)o1. The summed E-state index contributed by atoms with van der Waals surface area (Å²) >= 11 is 13.6. The van der Waals surface area contributed by atoms with E-state index in [0.29, 0.717) is 26.9 Å². The summed E-state index contributed by atoms with van der Waals surface area (Å²) in [6.07, 6.45) is 3.36. The average Bonchev–Trinajstić information content (AvgIpc) is 2.97. The lowest BCUT2D eigenvalue weighted by Crippen LogP contribution is -1.84. The summed E-state index contributed by atoms with van der Waals surface area (Å²) in [5.74, 6) is 1.00. The Morgan fingerprint density at radius 3 is 2.57 bits per heavy atom. The van der Waals surface area contributed by atoms with Gasteiger partial charge in [-0.1, -0.05) is 41.0 Å². The molecule has 0 bridgehead atoms. The minimum atomic E-state index is 0.441. The van der Waals surface area contributed by atoms with Gasteiger partial charge < -0.3 is 4.42 Å². The second-order valence-electron chi connectivity index (χ2n) is 4.10. The molecule has 21 heavy (non-hydrogen) atoms. The van der Waals surface area contributed by atoms with Crippen LogP contribution in [0.1, 0.15) is 5.56 Å². The van der Waals surface area contributed by atoms with E-state index in [1.165, 1.54) is 11.8 Å². The van der Waals surface area contributed by atoms with Gasteiger partial charge in [-0.05, 0) is 29.8 Å². The first-order valence-electron chi connectivity index (χ1n) is 6.03. The van der Waals surface area contributed by atoms with Crippen LogP contribution in [0.2, 0.25) is 10.0 Å². The Hall–Kier alpha value is -1.56. The topological polar surface area (TPSA) is 51.8 Å². The quantitative estimate of drug-likeness (QED) is 0.644. The number of benzene rings is 1.